The number of nitrogens with one attached hydrogen (secondary N) is 1. The van der Waals surface area contributed by atoms with Crippen LogP contribution in [0.1, 0.15) is 6.92 Å². The van der Waals surface area contributed by atoms with Crippen LogP contribution in [-0.2, 0) is 9.84 Å². The van der Waals surface area contributed by atoms with Crippen LogP contribution in [0.3, 0.4) is 0 Å². The number of hydrogen-bond donors (Lipinski definition) is 2. The zero-order valence-corrected chi connectivity index (χ0v) is 9.91. The van der Waals surface area contributed by atoms with Crippen molar-refractivity contribution in [3.05, 3.63) is 24.3 Å². The summed E-state index contributed by atoms with van der Waals surface area (Å²) >= 11 is 0. The van der Waals surface area contributed by atoms with E-state index in [0.29, 0.717) is 5.75 Å². The molecule has 0 aliphatic rings. The van der Waals surface area contributed by atoms with Gasteiger partial charge in [0.25, 0.3) is 0 Å². The van der Waals surface area contributed by atoms with E-state index in [0.717, 1.165) is 6.26 Å². The summed E-state index contributed by atoms with van der Waals surface area (Å²) in [6, 6.07) is 6.10. The predicted octanol–water partition coefficient (Wildman–Crippen LogP) is 0.793. The molecule has 0 aromatic heterocycles. The molecule has 1 unspecified atom stereocenters. The Kier molecular flexibility index (Phi) is 3.54. The van der Waals surface area contributed by atoms with Gasteiger partial charge < -0.3 is 10.5 Å². The summed E-state index contributed by atoms with van der Waals surface area (Å²) < 4.78 is 27.9. The first-order chi connectivity index (χ1) is 7.30. The summed E-state index contributed by atoms with van der Waals surface area (Å²) in [7, 11) is -3.25. The lowest BCUT2D eigenvalue weighted by molar-refractivity contribution is 0.284. The summed E-state index contributed by atoms with van der Waals surface area (Å²) in [6.07, 6.45) is 0.551. The molecule has 0 aliphatic carbocycles. The molecule has 0 aliphatic heterocycles. The molecule has 0 radical (unpaired) electrons. The second-order valence-electron chi connectivity index (χ2n) is 3.46. The highest BCUT2D eigenvalue weighted by Crippen LogP contribution is 2.18. The van der Waals surface area contributed by atoms with Crippen LogP contribution in [0.5, 0.6) is 5.75 Å². The summed E-state index contributed by atoms with van der Waals surface area (Å²) in [6.45, 7) is 1.62. The first-order valence-electron chi connectivity index (χ1n) is 4.61. The molecule has 6 heteroatoms. The third-order valence-electron chi connectivity index (χ3n) is 1.98. The molecule has 88 valence electrons. The second kappa shape index (κ2) is 4.52. The van der Waals surface area contributed by atoms with Crippen LogP contribution in [-0.4, -0.2) is 26.6 Å². The highest BCUT2D eigenvalue weighted by Gasteiger charge is 2.10. The molecule has 0 spiro atoms. The Morgan fingerprint density at radius 2 is 2.12 bits per heavy atom. The zero-order chi connectivity index (χ0) is 12.3. The van der Waals surface area contributed by atoms with Crippen molar-refractivity contribution in [1.29, 1.82) is 5.41 Å². The minimum atomic E-state index is -3.25. The Bertz CT molecular complexity index is 497. The van der Waals surface area contributed by atoms with Crippen LogP contribution in [0.15, 0.2) is 29.2 Å². The van der Waals surface area contributed by atoms with Crippen molar-refractivity contribution in [2.75, 3.05) is 6.26 Å². The van der Waals surface area contributed by atoms with E-state index in [2.05, 4.69) is 0 Å². The Morgan fingerprint density at radius 3 is 2.62 bits per heavy atom. The highest BCUT2D eigenvalue weighted by atomic mass is 32.2. The maximum atomic E-state index is 11.3. The third kappa shape index (κ3) is 3.23. The standard InChI is InChI=1S/C10H14N2O3S/c1-7(10(11)12)15-8-4-3-5-9(6-8)16(2,13)14/h3-7H,1-2H3,(H3,11,12). The Balaban J connectivity index is 2.96. The fourth-order valence-corrected chi connectivity index (χ4v) is 1.70. The van der Waals surface area contributed by atoms with Crippen molar-refractivity contribution in [1.82, 2.24) is 0 Å². The van der Waals surface area contributed by atoms with Gasteiger partial charge in [-0.1, -0.05) is 6.07 Å². The molecule has 1 aromatic carbocycles. The number of amidine groups is 1. The Labute approximate surface area is 94.7 Å². The van der Waals surface area contributed by atoms with E-state index in [4.69, 9.17) is 15.9 Å². The SMILES string of the molecule is CC(Oc1cccc(S(C)(=O)=O)c1)C(=N)N. The number of sulfone groups is 1. The molecule has 3 N–H and O–H groups in total. The lowest BCUT2D eigenvalue weighted by Crippen LogP contribution is -2.30. The minimum Gasteiger partial charge on any atom is -0.483 e. The maximum Gasteiger partial charge on any atom is 0.175 e. The van der Waals surface area contributed by atoms with Crippen molar-refractivity contribution >= 4 is 15.7 Å². The Hall–Kier alpha value is -1.56. The van der Waals surface area contributed by atoms with Crippen LogP contribution in [0.25, 0.3) is 0 Å². The van der Waals surface area contributed by atoms with Gasteiger partial charge in [-0.15, -0.1) is 0 Å². The largest absolute Gasteiger partial charge is 0.483 e. The second-order valence-corrected chi connectivity index (χ2v) is 5.48. The molecular weight excluding hydrogens is 228 g/mol. The van der Waals surface area contributed by atoms with Crippen molar-refractivity contribution in [3.8, 4) is 5.75 Å². The van der Waals surface area contributed by atoms with Gasteiger partial charge in [0, 0.05) is 6.26 Å². The van der Waals surface area contributed by atoms with Crippen molar-refractivity contribution in [2.24, 2.45) is 5.73 Å². The quantitative estimate of drug-likeness (QED) is 0.603. The van der Waals surface area contributed by atoms with E-state index in [1.54, 1.807) is 19.1 Å². The molecule has 0 saturated heterocycles. The number of hydrogen-bond acceptors (Lipinski definition) is 4. The maximum absolute atomic E-state index is 11.3. The zero-order valence-electron chi connectivity index (χ0n) is 9.10. The van der Waals surface area contributed by atoms with Gasteiger partial charge in [0.05, 0.1) is 4.90 Å². The van der Waals surface area contributed by atoms with E-state index < -0.39 is 15.9 Å². The van der Waals surface area contributed by atoms with Gasteiger partial charge >= 0.3 is 0 Å². The molecule has 0 bridgehead atoms. The van der Waals surface area contributed by atoms with Crippen molar-refractivity contribution in [3.63, 3.8) is 0 Å². The third-order valence-corrected chi connectivity index (χ3v) is 3.09. The summed E-state index contributed by atoms with van der Waals surface area (Å²) in [5.41, 5.74) is 5.25. The average molecular weight is 242 g/mol. The van der Waals surface area contributed by atoms with Gasteiger partial charge in [0.2, 0.25) is 0 Å². The van der Waals surface area contributed by atoms with Crippen LogP contribution in [0.2, 0.25) is 0 Å². The number of rotatable bonds is 4. The summed E-state index contributed by atoms with van der Waals surface area (Å²) in [5, 5.41) is 7.16. The van der Waals surface area contributed by atoms with Gasteiger partial charge in [-0.3, -0.25) is 5.41 Å². The fraction of sp³-hybridized carbons (Fsp3) is 0.300. The van der Waals surface area contributed by atoms with E-state index in [1.807, 2.05) is 0 Å². The average Bonchev–Trinajstić information content (AvgIpc) is 2.16. The fourth-order valence-electron chi connectivity index (χ4n) is 1.05. The number of ether oxygens (including phenoxy) is 1. The first kappa shape index (κ1) is 12.5. The molecule has 1 atom stereocenters. The van der Waals surface area contributed by atoms with Crippen molar-refractivity contribution in [2.45, 2.75) is 17.9 Å². The first-order valence-corrected chi connectivity index (χ1v) is 6.50. The molecule has 0 fully saturated rings. The minimum absolute atomic E-state index is 0.107. The molecule has 1 rings (SSSR count). The van der Waals surface area contributed by atoms with Crippen LogP contribution in [0.4, 0.5) is 0 Å². The lowest BCUT2D eigenvalue weighted by atomic mass is 10.3. The van der Waals surface area contributed by atoms with E-state index in [9.17, 15) is 8.42 Å². The van der Waals surface area contributed by atoms with E-state index in [-0.39, 0.29) is 10.7 Å². The summed E-state index contributed by atoms with van der Waals surface area (Å²) in [4.78, 5) is 0.181. The number of benzene rings is 1. The topological polar surface area (TPSA) is 93.2 Å². The lowest BCUT2D eigenvalue weighted by Gasteiger charge is -2.13. The summed E-state index contributed by atoms with van der Waals surface area (Å²) in [5.74, 6) is 0.274. The van der Waals surface area contributed by atoms with Gasteiger partial charge in [-0.05, 0) is 25.1 Å². The molecule has 5 nitrogen and oxygen atoms in total. The molecular formula is C10H14N2O3S. The molecule has 1 aromatic rings. The highest BCUT2D eigenvalue weighted by molar-refractivity contribution is 7.90. The smallest absolute Gasteiger partial charge is 0.175 e. The molecule has 0 amide bonds. The predicted molar refractivity (Wildman–Crippen MR) is 61.6 cm³/mol. The van der Waals surface area contributed by atoms with Crippen LogP contribution < -0.4 is 10.5 Å². The van der Waals surface area contributed by atoms with E-state index in [1.165, 1.54) is 12.1 Å². The molecule has 0 heterocycles. The van der Waals surface area contributed by atoms with Crippen LogP contribution >= 0.6 is 0 Å². The van der Waals surface area contributed by atoms with Gasteiger partial charge in [0.1, 0.15) is 11.6 Å². The monoisotopic (exact) mass is 242 g/mol. The molecule has 16 heavy (non-hydrogen) atoms. The normalized spacial score (nSPS) is 13.1. The van der Waals surface area contributed by atoms with Gasteiger partial charge in [-0.25, -0.2) is 8.42 Å². The van der Waals surface area contributed by atoms with Gasteiger partial charge in [0.15, 0.2) is 15.9 Å². The van der Waals surface area contributed by atoms with Crippen LogP contribution in [0, 0.1) is 5.41 Å². The number of nitrogens with two attached hydrogens (primary N) is 1. The van der Waals surface area contributed by atoms with Gasteiger partial charge in [-0.2, -0.15) is 0 Å². The van der Waals surface area contributed by atoms with Crippen molar-refractivity contribution < 1.29 is 13.2 Å². The van der Waals surface area contributed by atoms with E-state index >= 15 is 0 Å². The Morgan fingerprint density at radius 1 is 1.50 bits per heavy atom. The molecule has 0 saturated carbocycles.